The van der Waals surface area contributed by atoms with Gasteiger partial charge in [0.15, 0.2) is 0 Å². The fourth-order valence-corrected chi connectivity index (χ4v) is 5.93. The van der Waals surface area contributed by atoms with Crippen molar-refractivity contribution in [1.82, 2.24) is 0 Å². The van der Waals surface area contributed by atoms with E-state index in [2.05, 4.69) is 21.1 Å². The van der Waals surface area contributed by atoms with Gasteiger partial charge in [0.05, 0.1) is 70.3 Å². The molecule has 0 fully saturated rings. The van der Waals surface area contributed by atoms with Crippen molar-refractivity contribution in [1.29, 1.82) is 5.26 Å². The first kappa shape index (κ1) is 55.5. The van der Waals surface area contributed by atoms with Gasteiger partial charge in [0.2, 0.25) is 5.00 Å². The Balaban J connectivity index is 0.0000168. The van der Waals surface area contributed by atoms with Gasteiger partial charge in [-0.15, -0.1) is 21.6 Å². The van der Waals surface area contributed by atoms with E-state index in [1.165, 1.54) is 0 Å². The van der Waals surface area contributed by atoms with Crippen LogP contribution in [0.2, 0.25) is 0 Å². The Morgan fingerprint density at radius 1 is 0.831 bits per heavy atom. The molecule has 2 rings (SSSR count). The number of carbonyl (C=O) groups excluding carboxylic acids is 4. The molecule has 2 aromatic rings. The number of aliphatic carboxylic acids is 2. The molecule has 0 saturated heterocycles. The van der Waals surface area contributed by atoms with Crippen LogP contribution in [-0.4, -0.2) is 89.8 Å². The van der Waals surface area contributed by atoms with Gasteiger partial charge in [0.1, 0.15) is 24.3 Å². The molecule has 0 aliphatic rings. The number of nitrogens with zero attached hydrogens (tertiary/aromatic N) is 5. The molecule has 0 bridgehead atoms. The Kier molecular flexibility index (Phi) is 30.4. The topological polar surface area (TPSA) is 217 Å². The van der Waals surface area contributed by atoms with Crippen LogP contribution in [0.25, 0.3) is 4.85 Å². The van der Waals surface area contributed by atoms with Crippen LogP contribution in [0.4, 0.5) is 21.4 Å². The standard InChI is InChI=1S/C40H51N5O11S.2Na/c1-6-8-10-30(39(48)49)25-35(46)55-22-20-53-17-15-45(14-16-52-18-19-54-21-23-56-36(47)26-31(40(50)51)11-9-7-2)32-12-13-34(28(3)24-32)43-44-38-33(27-41)29(4)37(42-5)57-38;;/h6-9,12-13,24,30-31H,10-11,14-23,25-26H2,1-4H3,(H,48,49)(H,50,51);;/q;2*+1/p-2/b8-6+,9-7+,44-43?;;. The molecule has 2 atom stereocenters. The second-order valence-corrected chi connectivity index (χ2v) is 13.4. The van der Waals surface area contributed by atoms with E-state index in [1.807, 2.05) is 24.0 Å². The van der Waals surface area contributed by atoms with Crippen molar-refractivity contribution in [2.75, 3.05) is 70.8 Å². The zero-order valence-corrected chi connectivity index (χ0v) is 39.5. The number of carboxylic acids is 2. The summed E-state index contributed by atoms with van der Waals surface area (Å²) >= 11 is 1.11. The minimum Gasteiger partial charge on any atom is -0.550 e. The van der Waals surface area contributed by atoms with Gasteiger partial charge in [-0.2, -0.15) is 5.26 Å². The van der Waals surface area contributed by atoms with E-state index < -0.39 is 35.7 Å². The molecule has 0 aliphatic heterocycles. The summed E-state index contributed by atoms with van der Waals surface area (Å²) in [6.45, 7) is 16.5. The van der Waals surface area contributed by atoms with E-state index in [1.54, 1.807) is 51.1 Å². The summed E-state index contributed by atoms with van der Waals surface area (Å²) in [6, 6.07) is 7.67. The number of rotatable bonds is 28. The number of allylic oxidation sites excluding steroid dienone is 4. The van der Waals surface area contributed by atoms with Crippen LogP contribution >= 0.6 is 11.3 Å². The van der Waals surface area contributed by atoms with Gasteiger partial charge in [0.25, 0.3) is 0 Å². The Labute approximate surface area is 394 Å². The minimum atomic E-state index is -1.31. The maximum absolute atomic E-state index is 12.1. The molecule has 0 N–H and O–H groups in total. The summed E-state index contributed by atoms with van der Waals surface area (Å²) in [4.78, 5) is 52.1. The number of carbonyl (C=O) groups is 4. The molecule has 2 unspecified atom stereocenters. The molecule has 19 heteroatoms. The fraction of sp³-hybridized carbons (Fsp3) is 0.500. The van der Waals surface area contributed by atoms with Gasteiger partial charge in [-0.25, -0.2) is 4.85 Å². The van der Waals surface area contributed by atoms with Crippen LogP contribution in [0.3, 0.4) is 0 Å². The average Bonchev–Trinajstić information content (AvgIpc) is 3.50. The number of thiophene rings is 1. The van der Waals surface area contributed by atoms with Crippen molar-refractivity contribution in [3.63, 3.8) is 0 Å². The van der Waals surface area contributed by atoms with Gasteiger partial charge in [-0.3, -0.25) is 9.59 Å². The molecule has 0 amide bonds. The Morgan fingerprint density at radius 2 is 1.32 bits per heavy atom. The molecule has 0 radical (unpaired) electrons. The summed E-state index contributed by atoms with van der Waals surface area (Å²) in [5, 5.41) is 41.4. The molecular formula is C40H49N5Na2O11S. The maximum atomic E-state index is 12.1. The molecule has 1 heterocycles. The van der Waals surface area contributed by atoms with Crippen molar-refractivity contribution in [3.05, 3.63) is 70.6 Å². The average molecular weight is 854 g/mol. The number of anilines is 1. The normalized spacial score (nSPS) is 12.0. The van der Waals surface area contributed by atoms with Crippen LogP contribution < -0.4 is 74.2 Å². The predicted molar refractivity (Wildman–Crippen MR) is 207 cm³/mol. The smallest absolute Gasteiger partial charge is 0.550 e. The first-order valence-electron chi connectivity index (χ1n) is 18.3. The number of carboxylic acid groups (broad SMARTS) is 2. The summed E-state index contributed by atoms with van der Waals surface area (Å²) in [6.07, 6.45) is 6.48. The van der Waals surface area contributed by atoms with E-state index in [0.717, 1.165) is 22.6 Å². The summed E-state index contributed by atoms with van der Waals surface area (Å²) in [5.41, 5.74) is 3.12. The number of esters is 2. The van der Waals surface area contributed by atoms with E-state index in [4.69, 9.17) is 30.3 Å². The molecule has 308 valence electrons. The number of ether oxygens (including phenoxy) is 5. The Morgan fingerprint density at radius 3 is 1.76 bits per heavy atom. The third kappa shape index (κ3) is 21.6. The summed E-state index contributed by atoms with van der Waals surface area (Å²) in [7, 11) is 0. The molecule has 0 saturated carbocycles. The van der Waals surface area contributed by atoms with Crippen molar-refractivity contribution in [2.45, 2.75) is 53.4 Å². The molecule has 0 spiro atoms. The first-order chi connectivity index (χ1) is 27.4. The van der Waals surface area contributed by atoms with Crippen LogP contribution in [0.1, 0.15) is 56.2 Å². The molecule has 16 nitrogen and oxygen atoms in total. The number of nitriles is 1. The van der Waals surface area contributed by atoms with Gasteiger partial charge in [-0.1, -0.05) is 24.3 Å². The SMILES string of the molecule is [C-]#[N+]c1sc(N=Nc2ccc(N(CCOCCOCCOC(=O)CC(C/C=C/C)C(=O)[O-])CCOCCOC(=O)CC(C/C=C/C)C(=O)[O-])cc2C)c(C#N)c1C.[Na+].[Na+]. The number of aryl methyl sites for hydroxylation is 1. The van der Waals surface area contributed by atoms with Crippen molar-refractivity contribution >= 4 is 56.6 Å². The Hall–Kier alpha value is -3.46. The predicted octanol–water partition coefficient (Wildman–Crippen LogP) is -1.40. The van der Waals surface area contributed by atoms with Gasteiger partial charge < -0.3 is 48.4 Å². The summed E-state index contributed by atoms with van der Waals surface area (Å²) in [5.74, 6) is -5.84. The number of hydrogen-bond acceptors (Lipinski definition) is 16. The minimum absolute atomic E-state index is 0. The van der Waals surface area contributed by atoms with E-state index in [9.17, 15) is 34.7 Å². The fourth-order valence-electron chi connectivity index (χ4n) is 5.06. The van der Waals surface area contributed by atoms with Crippen molar-refractivity contribution < 1.29 is 112 Å². The van der Waals surface area contributed by atoms with Gasteiger partial charge in [-0.05, 0) is 69.9 Å². The summed E-state index contributed by atoms with van der Waals surface area (Å²) < 4.78 is 27.2. The van der Waals surface area contributed by atoms with Crippen molar-refractivity contribution in [2.24, 2.45) is 22.1 Å². The van der Waals surface area contributed by atoms with E-state index >= 15 is 0 Å². The molecule has 1 aromatic carbocycles. The van der Waals surface area contributed by atoms with Crippen LogP contribution in [0, 0.1) is 43.6 Å². The number of benzene rings is 1. The van der Waals surface area contributed by atoms with E-state index in [-0.39, 0.29) is 131 Å². The monoisotopic (exact) mass is 853 g/mol. The molecule has 59 heavy (non-hydrogen) atoms. The van der Waals surface area contributed by atoms with Crippen molar-refractivity contribution in [3.8, 4) is 6.07 Å². The largest absolute Gasteiger partial charge is 1.00 e. The number of hydrogen-bond donors (Lipinski definition) is 0. The number of azo groups is 1. The van der Waals surface area contributed by atoms with Gasteiger partial charge in [0, 0.05) is 42.6 Å². The third-order valence-corrected chi connectivity index (χ3v) is 9.35. The third-order valence-electron chi connectivity index (χ3n) is 8.28. The first-order valence-corrected chi connectivity index (χ1v) is 19.1. The second kappa shape index (κ2) is 32.3. The van der Waals surface area contributed by atoms with Crippen LogP contribution in [0.15, 0.2) is 52.7 Å². The quantitative estimate of drug-likeness (QED) is 0.0241. The second-order valence-electron chi connectivity index (χ2n) is 12.4. The van der Waals surface area contributed by atoms with E-state index in [0.29, 0.717) is 46.5 Å². The molecule has 1 aromatic heterocycles. The Bertz CT molecular complexity index is 1810. The van der Waals surface area contributed by atoms with Crippen LogP contribution in [-0.2, 0) is 42.9 Å². The van der Waals surface area contributed by atoms with Gasteiger partial charge >= 0.3 is 71.1 Å². The zero-order chi connectivity index (χ0) is 42.0. The van der Waals surface area contributed by atoms with Crippen LogP contribution in [0.5, 0.6) is 0 Å². The molecular weight excluding hydrogens is 805 g/mol. The zero-order valence-electron chi connectivity index (χ0n) is 34.7. The maximum Gasteiger partial charge on any atom is 1.00 e. The molecule has 0 aliphatic carbocycles.